The number of carbonyl (C=O) groups is 1. The molecule has 0 N–H and O–H groups in total. The third-order valence-electron chi connectivity index (χ3n) is 1.13. The van der Waals surface area contributed by atoms with Gasteiger partial charge in [0.15, 0.2) is 0 Å². The summed E-state index contributed by atoms with van der Waals surface area (Å²) < 4.78 is 4.81. The Labute approximate surface area is 104 Å². The number of hydrogen-bond donors (Lipinski definition) is 0. The van der Waals surface area contributed by atoms with Crippen molar-refractivity contribution in [1.29, 1.82) is 0 Å². The van der Waals surface area contributed by atoms with E-state index in [2.05, 4.69) is 6.58 Å². The third-order valence-corrected chi connectivity index (χ3v) is 1.13. The normalized spacial score (nSPS) is 8.00. The molecular weight excluding hydrogens is 290 g/mol. The molecule has 0 saturated carbocycles. The van der Waals surface area contributed by atoms with E-state index >= 15 is 0 Å². The Kier molecular flexibility index (Phi) is 6.18. The van der Waals surface area contributed by atoms with Crippen molar-refractivity contribution in [2.75, 3.05) is 0 Å². The summed E-state index contributed by atoms with van der Waals surface area (Å²) in [5, 5.41) is 0. The molecule has 0 aliphatic rings. The zero-order chi connectivity index (χ0) is 8.10. The van der Waals surface area contributed by atoms with Gasteiger partial charge in [0, 0.05) is 46.5 Å². The molecule has 0 spiro atoms. The fraction of sp³-hybridized carbons (Fsp3) is 0. The summed E-state index contributed by atoms with van der Waals surface area (Å²) in [6.07, 6.45) is 1.13. The van der Waals surface area contributed by atoms with E-state index in [0.717, 1.165) is 6.08 Å². The average molecular weight is 299 g/mol. The van der Waals surface area contributed by atoms with Gasteiger partial charge in [0.1, 0.15) is 5.75 Å². The van der Waals surface area contributed by atoms with Crippen LogP contribution in [0.4, 0.5) is 0 Å². The largest absolute Gasteiger partial charge is 0.423 e. The van der Waals surface area contributed by atoms with E-state index in [4.69, 9.17) is 4.74 Å². The second-order valence-corrected chi connectivity index (χ2v) is 1.94. The molecule has 62 valence electrons. The van der Waals surface area contributed by atoms with Crippen molar-refractivity contribution in [2.45, 2.75) is 0 Å². The summed E-state index contributed by atoms with van der Waals surface area (Å²) in [5.41, 5.74) is 0. The first-order valence-corrected chi connectivity index (χ1v) is 3.22. The minimum atomic E-state index is -0.434. The fourth-order valence-corrected chi connectivity index (χ4v) is 0.646. The summed E-state index contributed by atoms with van der Waals surface area (Å²) in [6, 6.07) is 8.87. The molecule has 0 radical (unpaired) electrons. The standard InChI is InChI=1S/C9H8O2.Sm/c1-2-9(10)11-8-6-4-3-5-7-8;/h2-7H,1H2;. The summed E-state index contributed by atoms with van der Waals surface area (Å²) in [5.74, 6) is 0.105. The fourth-order valence-electron chi connectivity index (χ4n) is 0.646. The number of rotatable bonds is 2. The maximum Gasteiger partial charge on any atom is 0.335 e. The molecule has 12 heavy (non-hydrogen) atoms. The van der Waals surface area contributed by atoms with Crippen molar-refractivity contribution < 1.29 is 49.9 Å². The summed E-state index contributed by atoms with van der Waals surface area (Å²) >= 11 is 0. The van der Waals surface area contributed by atoms with E-state index in [1.165, 1.54) is 0 Å². The van der Waals surface area contributed by atoms with Crippen LogP contribution in [0.3, 0.4) is 0 Å². The van der Waals surface area contributed by atoms with E-state index in [9.17, 15) is 4.79 Å². The zero-order valence-corrected chi connectivity index (χ0v) is 9.02. The monoisotopic (exact) mass is 300 g/mol. The molecule has 0 bridgehead atoms. The van der Waals surface area contributed by atoms with Crippen molar-refractivity contribution in [3.8, 4) is 5.75 Å². The van der Waals surface area contributed by atoms with Gasteiger partial charge in [-0.15, -0.1) is 0 Å². The Morgan fingerprint density at radius 2 is 1.92 bits per heavy atom. The van der Waals surface area contributed by atoms with E-state index in [1.54, 1.807) is 24.3 Å². The third kappa shape index (κ3) is 3.96. The van der Waals surface area contributed by atoms with Crippen molar-refractivity contribution >= 4 is 5.97 Å². The molecule has 0 heterocycles. The predicted octanol–water partition coefficient (Wildman–Crippen LogP) is 1.78. The first-order chi connectivity index (χ1) is 5.33. The minimum absolute atomic E-state index is 0. The van der Waals surface area contributed by atoms with Crippen LogP contribution in [-0.4, -0.2) is 5.97 Å². The summed E-state index contributed by atoms with van der Waals surface area (Å²) in [6.45, 7) is 3.28. The van der Waals surface area contributed by atoms with Crippen LogP contribution in [-0.2, 0) is 4.79 Å². The van der Waals surface area contributed by atoms with Crippen LogP contribution in [0.25, 0.3) is 0 Å². The van der Waals surface area contributed by atoms with E-state index in [-0.39, 0.29) is 40.4 Å². The second-order valence-electron chi connectivity index (χ2n) is 1.94. The molecule has 0 atom stereocenters. The quantitative estimate of drug-likeness (QED) is 0.473. The van der Waals surface area contributed by atoms with Crippen LogP contribution in [0.2, 0.25) is 0 Å². The second kappa shape index (κ2) is 6.30. The Morgan fingerprint density at radius 3 is 2.42 bits per heavy atom. The van der Waals surface area contributed by atoms with Crippen molar-refractivity contribution in [3.05, 3.63) is 43.0 Å². The van der Waals surface area contributed by atoms with Crippen molar-refractivity contribution in [3.63, 3.8) is 0 Å². The smallest absolute Gasteiger partial charge is 0.335 e. The minimum Gasteiger partial charge on any atom is -0.423 e. The van der Waals surface area contributed by atoms with Gasteiger partial charge in [-0.2, -0.15) is 0 Å². The number of esters is 1. The Bertz CT molecular complexity index is 256. The number of para-hydroxylation sites is 1. The Hall–Kier alpha value is -0.232. The Morgan fingerprint density at radius 1 is 1.33 bits per heavy atom. The first-order valence-electron chi connectivity index (χ1n) is 3.22. The van der Waals surface area contributed by atoms with Gasteiger partial charge in [-0.3, -0.25) is 0 Å². The van der Waals surface area contributed by atoms with Crippen molar-refractivity contribution in [2.24, 2.45) is 0 Å². The zero-order valence-electron chi connectivity index (χ0n) is 6.40. The molecule has 0 amide bonds. The molecule has 1 rings (SSSR count). The van der Waals surface area contributed by atoms with Crippen LogP contribution >= 0.6 is 0 Å². The van der Waals surface area contributed by atoms with Crippen LogP contribution in [0.15, 0.2) is 43.0 Å². The molecule has 2 nitrogen and oxygen atoms in total. The molecule has 0 unspecified atom stereocenters. The van der Waals surface area contributed by atoms with E-state index in [0.29, 0.717) is 5.75 Å². The van der Waals surface area contributed by atoms with E-state index < -0.39 is 5.97 Å². The number of benzene rings is 1. The average Bonchev–Trinajstić information content (AvgIpc) is 2.06. The van der Waals surface area contributed by atoms with Crippen LogP contribution in [0, 0.1) is 40.4 Å². The molecule has 0 aromatic heterocycles. The van der Waals surface area contributed by atoms with Crippen molar-refractivity contribution in [1.82, 2.24) is 0 Å². The molecule has 0 aliphatic carbocycles. The maximum atomic E-state index is 10.6. The summed E-state index contributed by atoms with van der Waals surface area (Å²) in [4.78, 5) is 10.6. The topological polar surface area (TPSA) is 26.3 Å². The van der Waals surface area contributed by atoms with Gasteiger partial charge in [0.05, 0.1) is 0 Å². The Balaban J connectivity index is 0.00000121. The van der Waals surface area contributed by atoms with Gasteiger partial charge in [-0.05, 0) is 12.1 Å². The maximum absolute atomic E-state index is 10.6. The van der Waals surface area contributed by atoms with E-state index in [1.807, 2.05) is 6.07 Å². The first kappa shape index (κ1) is 11.8. The molecule has 0 aliphatic heterocycles. The number of ether oxygens (including phenoxy) is 1. The van der Waals surface area contributed by atoms with Gasteiger partial charge in [0.2, 0.25) is 0 Å². The van der Waals surface area contributed by atoms with Gasteiger partial charge in [-0.1, -0.05) is 24.8 Å². The summed E-state index contributed by atoms with van der Waals surface area (Å²) in [7, 11) is 0. The number of carbonyl (C=O) groups excluding carboxylic acids is 1. The van der Waals surface area contributed by atoms with Gasteiger partial charge < -0.3 is 4.74 Å². The molecule has 3 heteroatoms. The molecular formula is C9H8O2Sm. The van der Waals surface area contributed by atoms with Gasteiger partial charge >= 0.3 is 5.97 Å². The van der Waals surface area contributed by atoms with Gasteiger partial charge in [-0.25, -0.2) is 4.79 Å². The SMILES string of the molecule is C=CC(=O)Oc1ccccc1.[Sm]. The van der Waals surface area contributed by atoms with Crippen LogP contribution in [0.1, 0.15) is 0 Å². The van der Waals surface area contributed by atoms with Crippen LogP contribution in [0.5, 0.6) is 5.75 Å². The molecule has 1 aromatic rings. The molecule has 0 fully saturated rings. The predicted molar refractivity (Wildman–Crippen MR) is 42.3 cm³/mol. The molecule has 1 aromatic carbocycles. The van der Waals surface area contributed by atoms with Gasteiger partial charge in [0.25, 0.3) is 0 Å². The van der Waals surface area contributed by atoms with Crippen LogP contribution < -0.4 is 4.74 Å². The molecule has 0 saturated heterocycles. The number of hydrogen-bond acceptors (Lipinski definition) is 2.